The van der Waals surface area contributed by atoms with E-state index in [2.05, 4.69) is 37.0 Å². The summed E-state index contributed by atoms with van der Waals surface area (Å²) in [6, 6.07) is 10.1. The van der Waals surface area contributed by atoms with Crippen LogP contribution in [0.5, 0.6) is 0 Å². The molecule has 1 atom stereocenters. The van der Waals surface area contributed by atoms with Crippen molar-refractivity contribution in [3.05, 3.63) is 63.9 Å². The Labute approximate surface area is 113 Å². The SMILES string of the molecule is Cc1cc(C)cc(CC(N)c2ccc(Cl)cn2)c1. The highest BCUT2D eigenvalue weighted by Gasteiger charge is 2.09. The Morgan fingerprint density at radius 3 is 2.39 bits per heavy atom. The van der Waals surface area contributed by atoms with Crippen molar-refractivity contribution in [3.8, 4) is 0 Å². The van der Waals surface area contributed by atoms with Gasteiger partial charge < -0.3 is 5.73 Å². The van der Waals surface area contributed by atoms with Crippen molar-refractivity contribution in [3.63, 3.8) is 0 Å². The van der Waals surface area contributed by atoms with E-state index in [1.54, 1.807) is 6.20 Å². The molecule has 3 heteroatoms. The maximum Gasteiger partial charge on any atom is 0.0589 e. The summed E-state index contributed by atoms with van der Waals surface area (Å²) in [5.74, 6) is 0. The number of aromatic nitrogens is 1. The van der Waals surface area contributed by atoms with Crippen LogP contribution in [0.1, 0.15) is 28.4 Å². The van der Waals surface area contributed by atoms with Crippen LogP contribution in [0.3, 0.4) is 0 Å². The van der Waals surface area contributed by atoms with Gasteiger partial charge in [0.05, 0.1) is 16.8 Å². The lowest BCUT2D eigenvalue weighted by Gasteiger charge is -2.12. The van der Waals surface area contributed by atoms with Crippen molar-refractivity contribution < 1.29 is 0 Å². The van der Waals surface area contributed by atoms with Crippen LogP contribution >= 0.6 is 11.6 Å². The molecule has 2 rings (SSSR count). The predicted octanol–water partition coefficient (Wildman–Crippen LogP) is 3.59. The molecule has 94 valence electrons. The minimum atomic E-state index is -0.0940. The van der Waals surface area contributed by atoms with Gasteiger partial charge >= 0.3 is 0 Å². The molecule has 0 saturated carbocycles. The third-order valence-electron chi connectivity index (χ3n) is 2.87. The van der Waals surface area contributed by atoms with E-state index >= 15 is 0 Å². The smallest absolute Gasteiger partial charge is 0.0589 e. The number of pyridine rings is 1. The van der Waals surface area contributed by atoms with E-state index in [0.717, 1.165) is 12.1 Å². The third-order valence-corrected chi connectivity index (χ3v) is 3.09. The largest absolute Gasteiger partial charge is 0.322 e. The van der Waals surface area contributed by atoms with Crippen molar-refractivity contribution >= 4 is 11.6 Å². The van der Waals surface area contributed by atoms with Gasteiger partial charge in [0.2, 0.25) is 0 Å². The first-order valence-corrected chi connectivity index (χ1v) is 6.36. The van der Waals surface area contributed by atoms with Crippen LogP contribution in [0, 0.1) is 13.8 Å². The summed E-state index contributed by atoms with van der Waals surface area (Å²) in [6.45, 7) is 4.20. The van der Waals surface area contributed by atoms with Crippen LogP contribution < -0.4 is 5.73 Å². The van der Waals surface area contributed by atoms with Gasteiger partial charge in [-0.2, -0.15) is 0 Å². The van der Waals surface area contributed by atoms with Crippen LogP contribution in [0.15, 0.2) is 36.5 Å². The van der Waals surface area contributed by atoms with Crippen LogP contribution in [0.4, 0.5) is 0 Å². The molecule has 0 radical (unpaired) electrons. The lowest BCUT2D eigenvalue weighted by molar-refractivity contribution is 0.696. The Bertz CT molecular complexity index is 514. The van der Waals surface area contributed by atoms with Gasteiger partial charge in [0.25, 0.3) is 0 Å². The van der Waals surface area contributed by atoms with Crippen molar-refractivity contribution in [2.75, 3.05) is 0 Å². The number of halogens is 1. The molecular formula is C15H17ClN2. The van der Waals surface area contributed by atoms with Gasteiger partial charge in [-0.25, -0.2) is 0 Å². The first-order valence-electron chi connectivity index (χ1n) is 5.99. The van der Waals surface area contributed by atoms with Gasteiger partial charge in [-0.3, -0.25) is 4.98 Å². The highest BCUT2D eigenvalue weighted by Crippen LogP contribution is 2.18. The summed E-state index contributed by atoms with van der Waals surface area (Å²) in [6.07, 6.45) is 2.43. The second-order valence-corrected chi connectivity index (χ2v) is 5.14. The molecule has 0 aliphatic rings. The van der Waals surface area contributed by atoms with Gasteiger partial charge in [-0.05, 0) is 38.0 Å². The molecule has 2 nitrogen and oxygen atoms in total. The zero-order valence-electron chi connectivity index (χ0n) is 10.7. The van der Waals surface area contributed by atoms with Crippen molar-refractivity contribution in [2.45, 2.75) is 26.3 Å². The first-order chi connectivity index (χ1) is 8.54. The average Bonchev–Trinajstić information content (AvgIpc) is 2.28. The van der Waals surface area contributed by atoms with E-state index < -0.39 is 0 Å². The fourth-order valence-electron chi connectivity index (χ4n) is 2.15. The Morgan fingerprint density at radius 2 is 1.83 bits per heavy atom. The molecule has 1 unspecified atom stereocenters. The second kappa shape index (κ2) is 5.51. The number of hydrogen-bond acceptors (Lipinski definition) is 2. The fraction of sp³-hybridized carbons (Fsp3) is 0.267. The number of hydrogen-bond donors (Lipinski definition) is 1. The number of benzene rings is 1. The van der Waals surface area contributed by atoms with Crippen molar-refractivity contribution in [1.29, 1.82) is 0 Å². The molecule has 1 aromatic carbocycles. The predicted molar refractivity (Wildman–Crippen MR) is 75.8 cm³/mol. The molecule has 0 aliphatic carbocycles. The summed E-state index contributed by atoms with van der Waals surface area (Å²) in [5.41, 5.74) is 10.8. The summed E-state index contributed by atoms with van der Waals surface area (Å²) < 4.78 is 0. The number of nitrogens with zero attached hydrogens (tertiary/aromatic N) is 1. The Hall–Kier alpha value is -1.38. The van der Waals surface area contributed by atoms with Gasteiger partial charge in [-0.15, -0.1) is 0 Å². The van der Waals surface area contributed by atoms with Crippen molar-refractivity contribution in [2.24, 2.45) is 5.73 Å². The first kappa shape index (κ1) is 13.1. The van der Waals surface area contributed by atoms with Gasteiger partial charge in [0.1, 0.15) is 0 Å². The zero-order valence-corrected chi connectivity index (χ0v) is 11.4. The van der Waals surface area contributed by atoms with E-state index in [1.165, 1.54) is 16.7 Å². The molecule has 0 amide bonds. The second-order valence-electron chi connectivity index (χ2n) is 4.71. The van der Waals surface area contributed by atoms with E-state index in [9.17, 15) is 0 Å². The maximum atomic E-state index is 6.17. The molecule has 0 saturated heterocycles. The number of rotatable bonds is 3. The lowest BCUT2D eigenvalue weighted by Crippen LogP contribution is -2.14. The minimum Gasteiger partial charge on any atom is -0.322 e. The maximum absolute atomic E-state index is 6.17. The zero-order chi connectivity index (χ0) is 13.1. The molecule has 1 aromatic heterocycles. The lowest BCUT2D eigenvalue weighted by atomic mass is 10.00. The van der Waals surface area contributed by atoms with E-state index in [1.807, 2.05) is 12.1 Å². The molecule has 0 aliphatic heterocycles. The summed E-state index contributed by atoms with van der Waals surface area (Å²) in [4.78, 5) is 4.26. The molecular weight excluding hydrogens is 244 g/mol. The number of aryl methyl sites for hydroxylation is 2. The van der Waals surface area contributed by atoms with Crippen LogP contribution in [-0.2, 0) is 6.42 Å². The third kappa shape index (κ3) is 3.31. The summed E-state index contributed by atoms with van der Waals surface area (Å²) in [5, 5.41) is 0.636. The average molecular weight is 261 g/mol. The summed E-state index contributed by atoms with van der Waals surface area (Å²) in [7, 11) is 0. The highest BCUT2D eigenvalue weighted by atomic mass is 35.5. The van der Waals surface area contributed by atoms with Gasteiger partial charge in [0.15, 0.2) is 0 Å². The van der Waals surface area contributed by atoms with E-state index in [0.29, 0.717) is 5.02 Å². The Balaban J connectivity index is 2.15. The molecule has 2 N–H and O–H groups in total. The van der Waals surface area contributed by atoms with Crippen LogP contribution in [-0.4, -0.2) is 4.98 Å². The Morgan fingerprint density at radius 1 is 1.17 bits per heavy atom. The highest BCUT2D eigenvalue weighted by molar-refractivity contribution is 6.30. The van der Waals surface area contributed by atoms with Crippen LogP contribution in [0.2, 0.25) is 5.02 Å². The fourth-order valence-corrected chi connectivity index (χ4v) is 2.26. The monoisotopic (exact) mass is 260 g/mol. The standard InChI is InChI=1S/C15H17ClN2/c1-10-5-11(2)7-12(6-10)8-14(17)15-4-3-13(16)9-18-15/h3-7,9,14H,8,17H2,1-2H3. The van der Waals surface area contributed by atoms with E-state index in [-0.39, 0.29) is 6.04 Å². The van der Waals surface area contributed by atoms with Crippen molar-refractivity contribution in [1.82, 2.24) is 4.98 Å². The van der Waals surface area contributed by atoms with Gasteiger partial charge in [0, 0.05) is 6.20 Å². The molecule has 2 aromatic rings. The van der Waals surface area contributed by atoms with E-state index in [4.69, 9.17) is 17.3 Å². The molecule has 0 spiro atoms. The Kier molecular flexibility index (Phi) is 4.00. The minimum absolute atomic E-state index is 0.0940. The number of nitrogens with two attached hydrogens (primary N) is 1. The normalized spacial score (nSPS) is 12.4. The summed E-state index contributed by atoms with van der Waals surface area (Å²) >= 11 is 5.81. The molecule has 0 fully saturated rings. The van der Waals surface area contributed by atoms with Gasteiger partial charge in [-0.1, -0.05) is 40.9 Å². The molecule has 1 heterocycles. The topological polar surface area (TPSA) is 38.9 Å². The molecule has 0 bridgehead atoms. The van der Waals surface area contributed by atoms with Crippen LogP contribution in [0.25, 0.3) is 0 Å². The molecule has 18 heavy (non-hydrogen) atoms. The quantitative estimate of drug-likeness (QED) is 0.916.